The van der Waals surface area contributed by atoms with Crippen molar-refractivity contribution < 1.29 is 8.78 Å². The van der Waals surface area contributed by atoms with E-state index in [0.29, 0.717) is 12.1 Å². The highest BCUT2D eigenvalue weighted by Gasteiger charge is 2.08. The molecule has 0 bridgehead atoms. The first-order chi connectivity index (χ1) is 9.25. The molecule has 0 saturated carbocycles. The van der Waals surface area contributed by atoms with E-state index in [0.717, 1.165) is 51.8 Å². The molecule has 19 heavy (non-hydrogen) atoms. The van der Waals surface area contributed by atoms with Gasteiger partial charge in [-0.05, 0) is 25.6 Å². The zero-order chi connectivity index (χ0) is 13.5. The SMILES string of the molecule is Fc1ccc(CNCCCN2CCNCC2)c(F)c1. The second-order valence-corrected chi connectivity index (χ2v) is 4.86. The maximum Gasteiger partial charge on any atom is 0.130 e. The smallest absolute Gasteiger partial charge is 0.130 e. The minimum absolute atomic E-state index is 0.452. The molecule has 0 amide bonds. The molecular formula is C14H21F2N3. The van der Waals surface area contributed by atoms with Gasteiger partial charge in [-0.15, -0.1) is 0 Å². The Bertz CT molecular complexity index is 392. The van der Waals surface area contributed by atoms with Crippen molar-refractivity contribution >= 4 is 0 Å². The Kier molecular flexibility index (Phi) is 5.69. The van der Waals surface area contributed by atoms with Gasteiger partial charge in [-0.2, -0.15) is 0 Å². The van der Waals surface area contributed by atoms with Crippen LogP contribution < -0.4 is 10.6 Å². The van der Waals surface area contributed by atoms with Crippen molar-refractivity contribution in [3.63, 3.8) is 0 Å². The van der Waals surface area contributed by atoms with E-state index >= 15 is 0 Å². The number of nitrogens with one attached hydrogen (secondary N) is 2. The molecule has 1 fully saturated rings. The molecule has 0 atom stereocenters. The van der Waals surface area contributed by atoms with Crippen molar-refractivity contribution in [2.45, 2.75) is 13.0 Å². The second-order valence-electron chi connectivity index (χ2n) is 4.86. The average molecular weight is 269 g/mol. The van der Waals surface area contributed by atoms with Crippen LogP contribution in [0, 0.1) is 11.6 Å². The highest BCUT2D eigenvalue weighted by atomic mass is 19.1. The van der Waals surface area contributed by atoms with E-state index in [4.69, 9.17) is 0 Å². The number of halogens is 2. The van der Waals surface area contributed by atoms with E-state index in [1.165, 1.54) is 12.1 Å². The standard InChI is InChI=1S/C14H21F2N3/c15-13-3-2-12(14(16)10-13)11-18-4-1-7-19-8-5-17-6-9-19/h2-3,10,17-18H,1,4-9,11H2. The van der Waals surface area contributed by atoms with Crippen LogP contribution in [0.5, 0.6) is 0 Å². The normalized spacial score (nSPS) is 16.7. The van der Waals surface area contributed by atoms with Crippen molar-refractivity contribution in [1.82, 2.24) is 15.5 Å². The van der Waals surface area contributed by atoms with Gasteiger partial charge in [0.25, 0.3) is 0 Å². The highest BCUT2D eigenvalue weighted by molar-refractivity contribution is 5.18. The minimum Gasteiger partial charge on any atom is -0.314 e. The maximum absolute atomic E-state index is 13.4. The molecule has 106 valence electrons. The Balaban J connectivity index is 1.61. The molecule has 3 nitrogen and oxygen atoms in total. The van der Waals surface area contributed by atoms with Gasteiger partial charge in [0.1, 0.15) is 11.6 Å². The molecule has 2 N–H and O–H groups in total. The van der Waals surface area contributed by atoms with Gasteiger partial charge < -0.3 is 15.5 Å². The molecular weight excluding hydrogens is 248 g/mol. The topological polar surface area (TPSA) is 27.3 Å². The largest absolute Gasteiger partial charge is 0.314 e. The van der Waals surface area contributed by atoms with Crippen LogP contribution in [0.1, 0.15) is 12.0 Å². The third-order valence-corrected chi connectivity index (χ3v) is 3.37. The lowest BCUT2D eigenvalue weighted by atomic mass is 10.2. The van der Waals surface area contributed by atoms with E-state index < -0.39 is 11.6 Å². The van der Waals surface area contributed by atoms with E-state index in [1.54, 1.807) is 0 Å². The third-order valence-electron chi connectivity index (χ3n) is 3.37. The quantitative estimate of drug-likeness (QED) is 0.763. The molecule has 1 aromatic rings. The van der Waals surface area contributed by atoms with E-state index in [1.807, 2.05) is 0 Å². The number of rotatable bonds is 6. The Morgan fingerprint density at radius 3 is 2.74 bits per heavy atom. The zero-order valence-corrected chi connectivity index (χ0v) is 11.1. The Labute approximate surface area is 113 Å². The lowest BCUT2D eigenvalue weighted by molar-refractivity contribution is 0.237. The first kappa shape index (κ1) is 14.4. The summed E-state index contributed by atoms with van der Waals surface area (Å²) in [6.07, 6.45) is 1.04. The van der Waals surface area contributed by atoms with E-state index in [-0.39, 0.29) is 0 Å². The highest BCUT2D eigenvalue weighted by Crippen LogP contribution is 2.08. The lowest BCUT2D eigenvalue weighted by Crippen LogP contribution is -2.44. The van der Waals surface area contributed by atoms with Crippen molar-refractivity contribution in [3.05, 3.63) is 35.4 Å². The van der Waals surface area contributed by atoms with Gasteiger partial charge in [0.2, 0.25) is 0 Å². The molecule has 0 aliphatic carbocycles. The fourth-order valence-electron chi connectivity index (χ4n) is 2.25. The van der Waals surface area contributed by atoms with Crippen molar-refractivity contribution in [2.24, 2.45) is 0 Å². The summed E-state index contributed by atoms with van der Waals surface area (Å²) in [7, 11) is 0. The summed E-state index contributed by atoms with van der Waals surface area (Å²) < 4.78 is 26.1. The predicted molar refractivity (Wildman–Crippen MR) is 72.0 cm³/mol. The summed E-state index contributed by atoms with van der Waals surface area (Å²) >= 11 is 0. The molecule has 1 aliphatic heterocycles. The molecule has 0 spiro atoms. The molecule has 1 saturated heterocycles. The fraction of sp³-hybridized carbons (Fsp3) is 0.571. The zero-order valence-electron chi connectivity index (χ0n) is 11.1. The first-order valence-corrected chi connectivity index (χ1v) is 6.83. The van der Waals surface area contributed by atoms with Gasteiger partial charge in [0.05, 0.1) is 0 Å². The van der Waals surface area contributed by atoms with E-state index in [9.17, 15) is 8.78 Å². The van der Waals surface area contributed by atoms with Gasteiger partial charge in [0, 0.05) is 44.4 Å². The summed E-state index contributed by atoms with van der Waals surface area (Å²) in [4.78, 5) is 2.43. The number of hydrogen-bond donors (Lipinski definition) is 2. The van der Waals surface area contributed by atoms with Crippen LogP contribution in [-0.2, 0) is 6.54 Å². The number of benzene rings is 1. The summed E-state index contributed by atoms with van der Waals surface area (Å²) in [5, 5.41) is 6.52. The monoisotopic (exact) mass is 269 g/mol. The molecule has 5 heteroatoms. The molecule has 0 aromatic heterocycles. The van der Waals surface area contributed by atoms with Gasteiger partial charge in [-0.25, -0.2) is 8.78 Å². The van der Waals surface area contributed by atoms with Crippen LogP contribution in [-0.4, -0.2) is 44.2 Å². The summed E-state index contributed by atoms with van der Waals surface area (Å²) in [5.74, 6) is -1.01. The maximum atomic E-state index is 13.4. The Morgan fingerprint density at radius 2 is 2.00 bits per heavy atom. The second kappa shape index (κ2) is 7.53. The average Bonchev–Trinajstić information content (AvgIpc) is 2.42. The van der Waals surface area contributed by atoms with Gasteiger partial charge in [0.15, 0.2) is 0 Å². The number of piperazine rings is 1. The minimum atomic E-state index is -0.528. The van der Waals surface area contributed by atoms with Crippen molar-refractivity contribution in [2.75, 3.05) is 39.3 Å². The van der Waals surface area contributed by atoms with Crippen LogP contribution in [0.25, 0.3) is 0 Å². The molecule has 1 aliphatic rings. The lowest BCUT2D eigenvalue weighted by Gasteiger charge is -2.27. The van der Waals surface area contributed by atoms with Crippen LogP contribution in [0.15, 0.2) is 18.2 Å². The van der Waals surface area contributed by atoms with Crippen LogP contribution in [0.3, 0.4) is 0 Å². The van der Waals surface area contributed by atoms with Crippen LogP contribution >= 0.6 is 0 Å². The van der Waals surface area contributed by atoms with E-state index in [2.05, 4.69) is 15.5 Å². The van der Waals surface area contributed by atoms with Crippen molar-refractivity contribution in [3.8, 4) is 0 Å². The first-order valence-electron chi connectivity index (χ1n) is 6.83. The molecule has 0 unspecified atom stereocenters. The predicted octanol–water partition coefficient (Wildman–Crippen LogP) is 1.35. The van der Waals surface area contributed by atoms with Gasteiger partial charge in [-0.3, -0.25) is 0 Å². The summed E-state index contributed by atoms with van der Waals surface area (Å²) in [6.45, 7) is 6.70. The van der Waals surface area contributed by atoms with Gasteiger partial charge in [-0.1, -0.05) is 6.07 Å². The van der Waals surface area contributed by atoms with Gasteiger partial charge >= 0.3 is 0 Å². The Hall–Kier alpha value is -1.04. The molecule has 0 radical (unpaired) electrons. The summed E-state index contributed by atoms with van der Waals surface area (Å²) in [5.41, 5.74) is 0.517. The fourth-order valence-corrected chi connectivity index (χ4v) is 2.25. The van der Waals surface area contributed by atoms with Crippen LogP contribution in [0.2, 0.25) is 0 Å². The number of nitrogens with zero attached hydrogens (tertiary/aromatic N) is 1. The third kappa shape index (κ3) is 4.86. The molecule has 1 aromatic carbocycles. The molecule has 2 rings (SSSR count). The summed E-state index contributed by atoms with van der Waals surface area (Å²) in [6, 6.07) is 3.71. The Morgan fingerprint density at radius 1 is 1.21 bits per heavy atom. The van der Waals surface area contributed by atoms with Crippen molar-refractivity contribution in [1.29, 1.82) is 0 Å². The molecule has 1 heterocycles. The van der Waals surface area contributed by atoms with Crippen LogP contribution in [0.4, 0.5) is 8.78 Å². The number of hydrogen-bond acceptors (Lipinski definition) is 3.